The molecular formula is C8H8ClFOS. The number of thioether (sulfide) groups is 1. The number of hydrogen-bond donors (Lipinski definition) is 0. The number of methoxy groups -OCH3 is 1. The van der Waals surface area contributed by atoms with Crippen LogP contribution in [0.25, 0.3) is 0 Å². The lowest BCUT2D eigenvalue weighted by molar-refractivity contribution is 0.410. The van der Waals surface area contributed by atoms with E-state index in [9.17, 15) is 4.39 Å². The van der Waals surface area contributed by atoms with Crippen LogP contribution < -0.4 is 4.74 Å². The summed E-state index contributed by atoms with van der Waals surface area (Å²) in [6.45, 7) is 0. The van der Waals surface area contributed by atoms with Crippen LogP contribution >= 0.6 is 23.4 Å². The Kier molecular flexibility index (Phi) is 3.23. The SMILES string of the molecule is COc1cc(F)c(SC)cc1Cl. The molecule has 1 aromatic rings. The van der Waals surface area contributed by atoms with Crippen LogP contribution in [-0.4, -0.2) is 13.4 Å². The van der Waals surface area contributed by atoms with E-state index < -0.39 is 0 Å². The molecule has 0 N–H and O–H groups in total. The van der Waals surface area contributed by atoms with Gasteiger partial charge in [0.05, 0.1) is 12.1 Å². The largest absolute Gasteiger partial charge is 0.495 e. The van der Waals surface area contributed by atoms with Crippen molar-refractivity contribution in [2.45, 2.75) is 4.90 Å². The van der Waals surface area contributed by atoms with Crippen LogP contribution in [0.4, 0.5) is 4.39 Å². The predicted octanol–water partition coefficient (Wildman–Crippen LogP) is 3.21. The second-order valence-electron chi connectivity index (χ2n) is 2.12. The van der Waals surface area contributed by atoms with E-state index in [1.807, 2.05) is 0 Å². The highest BCUT2D eigenvalue weighted by Crippen LogP contribution is 2.31. The maximum absolute atomic E-state index is 13.1. The first kappa shape index (κ1) is 9.68. The van der Waals surface area contributed by atoms with Crippen molar-refractivity contribution < 1.29 is 9.13 Å². The molecule has 0 bridgehead atoms. The summed E-state index contributed by atoms with van der Waals surface area (Å²) in [5.74, 6) is 0.0655. The van der Waals surface area contributed by atoms with E-state index in [1.54, 1.807) is 12.3 Å². The molecule has 0 unspecified atom stereocenters. The van der Waals surface area contributed by atoms with E-state index >= 15 is 0 Å². The van der Waals surface area contributed by atoms with Crippen LogP contribution in [0.1, 0.15) is 0 Å². The molecule has 0 atom stereocenters. The Balaban J connectivity index is 3.16. The molecule has 0 heterocycles. The molecule has 1 nitrogen and oxygen atoms in total. The summed E-state index contributed by atoms with van der Waals surface area (Å²) in [4.78, 5) is 0.529. The summed E-state index contributed by atoms with van der Waals surface area (Å²) < 4.78 is 17.9. The lowest BCUT2D eigenvalue weighted by Crippen LogP contribution is -1.87. The lowest BCUT2D eigenvalue weighted by Gasteiger charge is -2.05. The maximum atomic E-state index is 13.1. The van der Waals surface area contributed by atoms with Gasteiger partial charge in [0, 0.05) is 11.0 Å². The van der Waals surface area contributed by atoms with Crippen molar-refractivity contribution >= 4 is 23.4 Å². The van der Waals surface area contributed by atoms with Gasteiger partial charge in [0.15, 0.2) is 0 Å². The molecular weight excluding hydrogens is 199 g/mol. The fourth-order valence-electron chi connectivity index (χ4n) is 0.823. The van der Waals surface area contributed by atoms with Crippen molar-refractivity contribution in [2.24, 2.45) is 0 Å². The van der Waals surface area contributed by atoms with Crippen molar-refractivity contribution in [2.75, 3.05) is 13.4 Å². The highest BCUT2D eigenvalue weighted by atomic mass is 35.5. The minimum Gasteiger partial charge on any atom is -0.495 e. The second-order valence-corrected chi connectivity index (χ2v) is 3.38. The molecule has 4 heteroatoms. The van der Waals surface area contributed by atoms with Gasteiger partial charge >= 0.3 is 0 Å². The molecule has 66 valence electrons. The van der Waals surface area contributed by atoms with Gasteiger partial charge in [0.1, 0.15) is 11.6 Å². The Labute approximate surface area is 79.9 Å². The molecule has 0 radical (unpaired) electrons. The minimum atomic E-state index is -0.302. The molecule has 12 heavy (non-hydrogen) atoms. The summed E-state index contributed by atoms with van der Waals surface area (Å²) in [6, 6.07) is 2.84. The molecule has 0 saturated heterocycles. The highest BCUT2D eigenvalue weighted by Gasteiger charge is 2.07. The zero-order valence-corrected chi connectivity index (χ0v) is 8.30. The van der Waals surface area contributed by atoms with Gasteiger partial charge in [-0.25, -0.2) is 4.39 Å². The molecule has 0 spiro atoms. The van der Waals surface area contributed by atoms with Crippen LogP contribution in [0.3, 0.4) is 0 Å². The summed E-state index contributed by atoms with van der Waals surface area (Å²) in [5, 5.41) is 0.434. The van der Waals surface area contributed by atoms with Crippen molar-refractivity contribution in [3.8, 4) is 5.75 Å². The Morgan fingerprint density at radius 3 is 2.67 bits per heavy atom. The third-order valence-corrected chi connectivity index (χ3v) is 2.47. The first-order valence-electron chi connectivity index (χ1n) is 3.26. The fourth-order valence-corrected chi connectivity index (χ4v) is 1.62. The standard InChI is InChI=1S/C8H8ClFOS/c1-11-7-4-6(10)8(12-2)3-5(7)9/h3-4H,1-2H3. The molecule has 0 amide bonds. The quantitative estimate of drug-likeness (QED) is 0.688. The van der Waals surface area contributed by atoms with Gasteiger partial charge in [-0.2, -0.15) is 0 Å². The van der Waals surface area contributed by atoms with E-state index in [0.29, 0.717) is 15.7 Å². The smallest absolute Gasteiger partial charge is 0.140 e. The number of ether oxygens (including phenoxy) is 1. The summed E-state index contributed by atoms with van der Waals surface area (Å²) >= 11 is 7.09. The molecule has 0 aliphatic rings. The van der Waals surface area contributed by atoms with Crippen LogP contribution in [-0.2, 0) is 0 Å². The first-order chi connectivity index (χ1) is 5.69. The molecule has 0 aliphatic heterocycles. The average molecular weight is 207 g/mol. The van der Waals surface area contributed by atoms with Crippen LogP contribution in [0.2, 0.25) is 5.02 Å². The zero-order chi connectivity index (χ0) is 9.14. The normalized spacial score (nSPS) is 10.0. The van der Waals surface area contributed by atoms with Gasteiger partial charge in [-0.15, -0.1) is 11.8 Å². The Bertz CT molecular complexity index is 261. The summed E-state index contributed by atoms with van der Waals surface area (Å²) in [7, 11) is 1.46. The fraction of sp³-hybridized carbons (Fsp3) is 0.250. The second kappa shape index (κ2) is 4.01. The molecule has 0 fully saturated rings. The van der Waals surface area contributed by atoms with Crippen LogP contribution in [0.15, 0.2) is 17.0 Å². The molecule has 0 saturated carbocycles. The number of benzene rings is 1. The molecule has 1 rings (SSSR count). The van der Waals surface area contributed by atoms with Crippen molar-refractivity contribution in [1.29, 1.82) is 0 Å². The maximum Gasteiger partial charge on any atom is 0.140 e. The molecule has 0 aliphatic carbocycles. The van der Waals surface area contributed by atoms with E-state index in [2.05, 4.69) is 0 Å². The van der Waals surface area contributed by atoms with Gasteiger partial charge in [0.25, 0.3) is 0 Å². The number of rotatable bonds is 2. The Hall–Kier alpha value is -0.410. The van der Waals surface area contributed by atoms with Gasteiger partial charge in [0.2, 0.25) is 0 Å². The summed E-state index contributed by atoms with van der Waals surface area (Å²) in [6.07, 6.45) is 1.79. The third-order valence-electron chi connectivity index (χ3n) is 1.43. The number of hydrogen-bond acceptors (Lipinski definition) is 2. The third kappa shape index (κ3) is 1.84. The van der Waals surface area contributed by atoms with Crippen molar-refractivity contribution in [3.63, 3.8) is 0 Å². The van der Waals surface area contributed by atoms with E-state index in [1.165, 1.54) is 24.9 Å². The molecule has 1 aromatic carbocycles. The average Bonchev–Trinajstić information content (AvgIpc) is 2.08. The zero-order valence-electron chi connectivity index (χ0n) is 6.73. The Morgan fingerprint density at radius 2 is 2.17 bits per heavy atom. The highest BCUT2D eigenvalue weighted by molar-refractivity contribution is 7.98. The van der Waals surface area contributed by atoms with Crippen molar-refractivity contribution in [3.05, 3.63) is 23.0 Å². The van der Waals surface area contributed by atoms with Gasteiger partial charge in [-0.1, -0.05) is 11.6 Å². The van der Waals surface area contributed by atoms with E-state index in [0.717, 1.165) is 0 Å². The van der Waals surface area contributed by atoms with Crippen LogP contribution in [0.5, 0.6) is 5.75 Å². The van der Waals surface area contributed by atoms with Gasteiger partial charge in [-0.05, 0) is 12.3 Å². The Morgan fingerprint density at radius 1 is 1.50 bits per heavy atom. The predicted molar refractivity (Wildman–Crippen MR) is 49.7 cm³/mol. The topological polar surface area (TPSA) is 9.23 Å². The summed E-state index contributed by atoms with van der Waals surface area (Å²) in [5.41, 5.74) is 0. The van der Waals surface area contributed by atoms with E-state index in [-0.39, 0.29) is 5.82 Å². The first-order valence-corrected chi connectivity index (χ1v) is 4.86. The van der Waals surface area contributed by atoms with Crippen molar-refractivity contribution in [1.82, 2.24) is 0 Å². The minimum absolute atomic E-state index is 0.302. The molecule has 0 aromatic heterocycles. The van der Waals surface area contributed by atoms with Gasteiger partial charge in [-0.3, -0.25) is 0 Å². The number of halogens is 2. The van der Waals surface area contributed by atoms with E-state index in [4.69, 9.17) is 16.3 Å². The lowest BCUT2D eigenvalue weighted by atomic mass is 10.3. The van der Waals surface area contributed by atoms with Gasteiger partial charge < -0.3 is 4.74 Å². The van der Waals surface area contributed by atoms with Crippen LogP contribution in [0, 0.1) is 5.82 Å². The monoisotopic (exact) mass is 206 g/mol.